The molecule has 17 unspecified atom stereocenters. The molecule has 3 heterocycles. The van der Waals surface area contributed by atoms with Gasteiger partial charge in [0.15, 0.2) is 18.9 Å². The van der Waals surface area contributed by atoms with Crippen molar-refractivity contribution in [2.24, 2.45) is 0 Å². The molecule has 0 aromatic carbocycles. The Morgan fingerprint density at radius 2 is 1.03 bits per heavy atom. The average molecular weight is 894 g/mol. The number of aliphatic hydroxyl groups excluding tert-OH is 11. The summed E-state index contributed by atoms with van der Waals surface area (Å²) in [5, 5.41) is 118. The average Bonchev–Trinajstić information content (AvgIpc) is 3.27. The highest BCUT2D eigenvalue weighted by Gasteiger charge is 2.53. The summed E-state index contributed by atoms with van der Waals surface area (Å²) in [5.41, 5.74) is 0. The minimum Gasteiger partial charge on any atom is -0.394 e. The molecule has 17 atom stereocenters. The van der Waals surface area contributed by atoms with Crippen LogP contribution in [0.5, 0.6) is 0 Å². The zero-order valence-corrected chi connectivity index (χ0v) is 36.1. The molecule has 3 rings (SSSR count). The van der Waals surface area contributed by atoms with Crippen molar-refractivity contribution in [3.8, 4) is 0 Å². The molecule has 0 aromatic rings. The molecular weight excluding hydrogens is 818 g/mol. The Kier molecular flexibility index (Phi) is 25.9. The van der Waals surface area contributed by atoms with Crippen LogP contribution in [0.4, 0.5) is 0 Å². The number of carbonyl (C=O) groups excluding carboxylic acids is 1. The van der Waals surface area contributed by atoms with Gasteiger partial charge in [-0.3, -0.25) is 4.79 Å². The van der Waals surface area contributed by atoms with E-state index in [1.807, 2.05) is 6.92 Å². The van der Waals surface area contributed by atoms with Crippen LogP contribution in [0.25, 0.3) is 0 Å². The zero-order valence-electron chi connectivity index (χ0n) is 36.1. The first-order valence-corrected chi connectivity index (χ1v) is 22.2. The number of aliphatic hydroxyl groups is 11. The minimum atomic E-state index is -1.98. The number of amides is 1. The maximum Gasteiger partial charge on any atom is 0.220 e. The standard InChI is InChI=1S/C43H75NO18/c1-3-5-7-8-9-10-11-12-13-14-15-16-17-18-19-20-27(48)26(44-31(49)21-6-4-2)25-57-41-37(55)34(52)39(29(23-46)59-41)62-43-38(56)35(53)40(30(24-47)60-43)61-42-36(54)33(51)32(50)28(22-45)58-42/h11-12,15-16,19-20,26-30,32-43,45-48,50-56H,3-10,13-14,17-18,21-25H2,1-2H3,(H,44,49)/b12-11+,16-15+,20-19+. The van der Waals surface area contributed by atoms with E-state index in [1.165, 1.54) is 32.1 Å². The first kappa shape index (κ1) is 54.3. The van der Waals surface area contributed by atoms with E-state index in [0.717, 1.165) is 32.1 Å². The largest absolute Gasteiger partial charge is 0.394 e. The van der Waals surface area contributed by atoms with E-state index in [2.05, 4.69) is 36.5 Å². The fraction of sp³-hybridized carbons (Fsp3) is 0.837. The predicted molar refractivity (Wildman–Crippen MR) is 222 cm³/mol. The monoisotopic (exact) mass is 893 g/mol. The first-order chi connectivity index (χ1) is 29.8. The second-order valence-corrected chi connectivity index (χ2v) is 16.1. The summed E-state index contributed by atoms with van der Waals surface area (Å²) in [4.78, 5) is 12.7. The lowest BCUT2D eigenvalue weighted by Gasteiger charge is -2.48. The molecule has 0 aromatic heterocycles. The Bertz CT molecular complexity index is 1300. The van der Waals surface area contributed by atoms with Crippen LogP contribution in [0.1, 0.15) is 97.3 Å². The molecule has 62 heavy (non-hydrogen) atoms. The quantitative estimate of drug-likeness (QED) is 0.0334. The first-order valence-electron chi connectivity index (χ1n) is 22.2. The number of allylic oxidation sites excluding steroid dienone is 5. The fourth-order valence-corrected chi connectivity index (χ4v) is 7.31. The van der Waals surface area contributed by atoms with Crippen LogP contribution in [-0.4, -0.2) is 193 Å². The Labute approximate surface area is 364 Å². The van der Waals surface area contributed by atoms with E-state index in [-0.39, 0.29) is 18.9 Å². The highest BCUT2D eigenvalue weighted by molar-refractivity contribution is 5.76. The number of hydrogen-bond donors (Lipinski definition) is 12. The number of nitrogens with one attached hydrogen (secondary N) is 1. The molecule has 3 fully saturated rings. The van der Waals surface area contributed by atoms with Crippen LogP contribution in [-0.2, 0) is 33.2 Å². The molecule has 0 spiro atoms. The van der Waals surface area contributed by atoms with Gasteiger partial charge in [0, 0.05) is 6.42 Å². The molecule has 3 aliphatic rings. The van der Waals surface area contributed by atoms with E-state index in [9.17, 15) is 61.0 Å². The van der Waals surface area contributed by atoms with Gasteiger partial charge in [0.1, 0.15) is 73.2 Å². The molecule has 19 heteroatoms. The molecular formula is C43H75NO18. The lowest BCUT2D eigenvalue weighted by molar-refractivity contribution is -0.379. The van der Waals surface area contributed by atoms with Crippen molar-refractivity contribution < 1.29 is 89.4 Å². The summed E-state index contributed by atoms with van der Waals surface area (Å²) >= 11 is 0. The Balaban J connectivity index is 1.56. The number of hydrogen-bond acceptors (Lipinski definition) is 18. The van der Waals surface area contributed by atoms with Crippen LogP contribution < -0.4 is 5.32 Å². The van der Waals surface area contributed by atoms with Crippen LogP contribution in [0.15, 0.2) is 36.5 Å². The minimum absolute atomic E-state index is 0.205. The van der Waals surface area contributed by atoms with Gasteiger partial charge in [0.05, 0.1) is 38.6 Å². The summed E-state index contributed by atoms with van der Waals surface area (Å²) in [5.74, 6) is -0.330. The second kappa shape index (κ2) is 29.5. The van der Waals surface area contributed by atoms with Crippen LogP contribution in [0.3, 0.4) is 0 Å². The van der Waals surface area contributed by atoms with Gasteiger partial charge in [-0.05, 0) is 44.9 Å². The molecule has 0 radical (unpaired) electrons. The van der Waals surface area contributed by atoms with Crippen LogP contribution in [0, 0.1) is 0 Å². The second-order valence-electron chi connectivity index (χ2n) is 16.1. The summed E-state index contributed by atoms with van der Waals surface area (Å²) in [6.45, 7) is 1.34. The molecule has 1 amide bonds. The summed E-state index contributed by atoms with van der Waals surface area (Å²) < 4.78 is 33.7. The fourth-order valence-electron chi connectivity index (χ4n) is 7.31. The van der Waals surface area contributed by atoms with E-state index in [0.29, 0.717) is 12.8 Å². The van der Waals surface area contributed by atoms with Gasteiger partial charge in [-0.1, -0.05) is 82.4 Å². The Hall–Kier alpha value is -1.99. The lowest BCUT2D eigenvalue weighted by atomic mass is 9.96. The molecule has 3 saturated heterocycles. The maximum absolute atomic E-state index is 12.7. The molecule has 3 aliphatic heterocycles. The molecule has 12 N–H and O–H groups in total. The number of unbranched alkanes of at least 4 members (excludes halogenated alkanes) is 8. The predicted octanol–water partition coefficient (Wildman–Crippen LogP) is -0.923. The molecule has 19 nitrogen and oxygen atoms in total. The van der Waals surface area contributed by atoms with Gasteiger partial charge in [-0.25, -0.2) is 0 Å². The summed E-state index contributed by atoms with van der Waals surface area (Å²) in [7, 11) is 0. The van der Waals surface area contributed by atoms with E-state index < -0.39 is 124 Å². The van der Waals surface area contributed by atoms with Gasteiger partial charge in [0.2, 0.25) is 5.91 Å². The van der Waals surface area contributed by atoms with Gasteiger partial charge >= 0.3 is 0 Å². The van der Waals surface area contributed by atoms with E-state index in [1.54, 1.807) is 12.2 Å². The molecule has 0 saturated carbocycles. The lowest BCUT2D eigenvalue weighted by Crippen LogP contribution is -2.66. The zero-order chi connectivity index (χ0) is 45.6. The topological polar surface area (TPSA) is 307 Å². The van der Waals surface area contributed by atoms with Crippen molar-refractivity contribution in [2.75, 3.05) is 26.4 Å². The van der Waals surface area contributed by atoms with E-state index in [4.69, 9.17) is 28.4 Å². The smallest absolute Gasteiger partial charge is 0.220 e. The number of ether oxygens (including phenoxy) is 6. The highest BCUT2D eigenvalue weighted by atomic mass is 16.8. The SMILES string of the molecule is CCCCCCC/C=C/CC/C=C/CC/C=C/C(O)C(COC1OC(CO)C(OC2OC(CO)C(OC3OC(CO)C(O)C(O)C3O)C(O)C2O)C(O)C1O)NC(=O)CCCC. The Morgan fingerprint density at radius 1 is 0.565 bits per heavy atom. The Morgan fingerprint density at radius 3 is 1.58 bits per heavy atom. The van der Waals surface area contributed by atoms with Gasteiger partial charge in [0.25, 0.3) is 0 Å². The van der Waals surface area contributed by atoms with Crippen LogP contribution >= 0.6 is 0 Å². The summed E-state index contributed by atoms with van der Waals surface area (Å²) in [6.07, 6.45) is -2.51. The van der Waals surface area contributed by atoms with Crippen molar-refractivity contribution in [3.63, 3.8) is 0 Å². The van der Waals surface area contributed by atoms with Crippen molar-refractivity contribution >= 4 is 5.91 Å². The normalized spacial score (nSPS) is 35.5. The van der Waals surface area contributed by atoms with Gasteiger partial charge in [-0.2, -0.15) is 0 Å². The van der Waals surface area contributed by atoms with E-state index >= 15 is 0 Å². The van der Waals surface area contributed by atoms with Crippen molar-refractivity contribution in [3.05, 3.63) is 36.5 Å². The van der Waals surface area contributed by atoms with Crippen LogP contribution in [0.2, 0.25) is 0 Å². The third-order valence-electron chi connectivity index (χ3n) is 11.2. The highest BCUT2D eigenvalue weighted by Crippen LogP contribution is 2.32. The molecule has 0 aliphatic carbocycles. The van der Waals surface area contributed by atoms with Crippen molar-refractivity contribution in [1.82, 2.24) is 5.32 Å². The van der Waals surface area contributed by atoms with Crippen molar-refractivity contribution in [1.29, 1.82) is 0 Å². The number of carbonyl (C=O) groups is 1. The van der Waals surface area contributed by atoms with Gasteiger partial charge in [-0.15, -0.1) is 0 Å². The molecule has 360 valence electrons. The third-order valence-corrected chi connectivity index (χ3v) is 11.2. The van der Waals surface area contributed by atoms with Crippen molar-refractivity contribution in [2.45, 2.75) is 202 Å². The maximum atomic E-state index is 12.7. The van der Waals surface area contributed by atoms with Gasteiger partial charge < -0.3 is 89.9 Å². The summed E-state index contributed by atoms with van der Waals surface area (Å²) in [6, 6.07) is -0.986. The molecule has 0 bridgehead atoms. The third kappa shape index (κ3) is 16.8. The number of rotatable bonds is 28.